The molecule has 1 saturated carbocycles. The highest BCUT2D eigenvalue weighted by Gasteiger charge is 2.29. The molecule has 25 heavy (non-hydrogen) atoms. The Kier molecular flexibility index (Phi) is 5.11. The summed E-state index contributed by atoms with van der Waals surface area (Å²) in [6.07, 6.45) is 8.82. The van der Waals surface area contributed by atoms with Crippen LogP contribution in [0.1, 0.15) is 55.3 Å². The van der Waals surface area contributed by atoms with Gasteiger partial charge in [-0.05, 0) is 62.9 Å². The van der Waals surface area contributed by atoms with Crippen LogP contribution in [0.5, 0.6) is 11.5 Å². The standard InChI is InChI=1S/C20H28N2O3/c23-20(15-8-9-18-19(12-15)25-14-24-18)21-17-7-3-2-6-16(17)13-22-10-4-1-5-11-22/h8-9,12,16-17H,1-7,10-11,13-14H2,(H,21,23)/t16-,17?/m0/s1. The molecule has 0 aromatic heterocycles. The van der Waals surface area contributed by atoms with Gasteiger partial charge in [0.1, 0.15) is 0 Å². The first-order valence-electron chi connectivity index (χ1n) is 9.72. The topological polar surface area (TPSA) is 50.8 Å². The Labute approximate surface area is 149 Å². The van der Waals surface area contributed by atoms with Crippen LogP contribution in [0.4, 0.5) is 0 Å². The summed E-state index contributed by atoms with van der Waals surface area (Å²) in [5, 5.41) is 3.30. The van der Waals surface area contributed by atoms with Gasteiger partial charge >= 0.3 is 0 Å². The number of fused-ring (bicyclic) bond motifs is 1. The van der Waals surface area contributed by atoms with Crippen LogP contribution >= 0.6 is 0 Å². The largest absolute Gasteiger partial charge is 0.454 e. The Bertz CT molecular complexity index is 613. The second-order valence-corrected chi connectivity index (χ2v) is 7.55. The van der Waals surface area contributed by atoms with Crippen molar-refractivity contribution in [2.75, 3.05) is 26.4 Å². The zero-order valence-corrected chi connectivity index (χ0v) is 14.8. The molecule has 5 heteroatoms. The van der Waals surface area contributed by atoms with Crippen molar-refractivity contribution in [3.8, 4) is 11.5 Å². The van der Waals surface area contributed by atoms with E-state index in [0.29, 0.717) is 17.2 Å². The fourth-order valence-electron chi connectivity index (χ4n) is 4.38. The fourth-order valence-corrected chi connectivity index (χ4v) is 4.38. The van der Waals surface area contributed by atoms with Crippen molar-refractivity contribution < 1.29 is 14.3 Å². The molecule has 1 amide bonds. The average Bonchev–Trinajstić information content (AvgIpc) is 3.12. The molecule has 2 fully saturated rings. The number of piperidine rings is 1. The number of hydrogen-bond donors (Lipinski definition) is 1. The minimum atomic E-state index is 0.00819. The number of amides is 1. The van der Waals surface area contributed by atoms with Crippen molar-refractivity contribution in [2.24, 2.45) is 5.92 Å². The maximum Gasteiger partial charge on any atom is 0.251 e. The Balaban J connectivity index is 1.39. The van der Waals surface area contributed by atoms with E-state index in [4.69, 9.17) is 9.47 Å². The first-order valence-corrected chi connectivity index (χ1v) is 9.72. The monoisotopic (exact) mass is 344 g/mol. The van der Waals surface area contributed by atoms with Gasteiger partial charge in [0.25, 0.3) is 5.91 Å². The summed E-state index contributed by atoms with van der Waals surface area (Å²) in [6, 6.07) is 5.73. The first kappa shape index (κ1) is 16.7. The lowest BCUT2D eigenvalue weighted by molar-refractivity contribution is 0.0877. The maximum atomic E-state index is 12.7. The predicted octanol–water partition coefficient (Wildman–Crippen LogP) is 3.19. The number of nitrogens with one attached hydrogen (secondary N) is 1. The molecule has 0 radical (unpaired) electrons. The van der Waals surface area contributed by atoms with Crippen LogP contribution in [0.3, 0.4) is 0 Å². The van der Waals surface area contributed by atoms with Crippen LogP contribution in [-0.4, -0.2) is 43.3 Å². The Morgan fingerprint density at radius 1 is 1.04 bits per heavy atom. The van der Waals surface area contributed by atoms with Gasteiger partial charge in [0.15, 0.2) is 11.5 Å². The summed E-state index contributed by atoms with van der Waals surface area (Å²) in [5.41, 5.74) is 0.659. The number of nitrogens with zero attached hydrogens (tertiary/aromatic N) is 1. The van der Waals surface area contributed by atoms with Crippen LogP contribution in [0.15, 0.2) is 18.2 Å². The average molecular weight is 344 g/mol. The Morgan fingerprint density at radius 2 is 1.84 bits per heavy atom. The smallest absolute Gasteiger partial charge is 0.251 e. The van der Waals surface area contributed by atoms with Crippen molar-refractivity contribution in [3.63, 3.8) is 0 Å². The molecule has 5 nitrogen and oxygen atoms in total. The van der Waals surface area contributed by atoms with E-state index in [1.807, 2.05) is 12.1 Å². The van der Waals surface area contributed by atoms with Crippen molar-refractivity contribution in [2.45, 2.75) is 51.0 Å². The van der Waals surface area contributed by atoms with E-state index in [1.54, 1.807) is 6.07 Å². The molecule has 0 bridgehead atoms. The third-order valence-corrected chi connectivity index (χ3v) is 5.80. The number of hydrogen-bond acceptors (Lipinski definition) is 4. The molecule has 1 N–H and O–H groups in total. The summed E-state index contributed by atoms with van der Waals surface area (Å²) in [6.45, 7) is 3.81. The van der Waals surface area contributed by atoms with Gasteiger partial charge in [-0.25, -0.2) is 0 Å². The number of rotatable bonds is 4. The number of benzene rings is 1. The Hall–Kier alpha value is -1.75. The van der Waals surface area contributed by atoms with E-state index in [2.05, 4.69) is 10.2 Å². The van der Waals surface area contributed by atoms with Crippen LogP contribution in [0.25, 0.3) is 0 Å². The first-order chi connectivity index (χ1) is 12.3. The van der Waals surface area contributed by atoms with Crippen LogP contribution < -0.4 is 14.8 Å². The summed E-state index contributed by atoms with van der Waals surface area (Å²) in [5.74, 6) is 1.97. The molecule has 0 spiro atoms. The predicted molar refractivity (Wildman–Crippen MR) is 96.1 cm³/mol. The summed E-state index contributed by atoms with van der Waals surface area (Å²) >= 11 is 0. The van der Waals surface area contributed by atoms with Crippen LogP contribution in [0.2, 0.25) is 0 Å². The molecule has 1 saturated heterocycles. The van der Waals surface area contributed by atoms with Crippen molar-refractivity contribution in [1.29, 1.82) is 0 Å². The number of carbonyl (C=O) groups excluding carboxylic acids is 1. The SMILES string of the molecule is O=C(NC1CCCC[C@H]1CN1CCCCC1)c1ccc2c(c1)OCO2. The van der Waals surface area contributed by atoms with Gasteiger partial charge in [0.05, 0.1) is 0 Å². The van der Waals surface area contributed by atoms with E-state index in [-0.39, 0.29) is 18.7 Å². The lowest BCUT2D eigenvalue weighted by Gasteiger charge is -2.37. The number of ether oxygens (including phenoxy) is 2. The number of likely N-dealkylation sites (tertiary alicyclic amines) is 1. The van der Waals surface area contributed by atoms with Gasteiger partial charge in [0.2, 0.25) is 6.79 Å². The molecule has 2 atom stereocenters. The lowest BCUT2D eigenvalue weighted by Crippen LogP contribution is -2.47. The van der Waals surface area contributed by atoms with Gasteiger partial charge in [-0.15, -0.1) is 0 Å². The normalized spacial score (nSPS) is 26.4. The van der Waals surface area contributed by atoms with Crippen LogP contribution in [0, 0.1) is 5.92 Å². The number of carbonyl (C=O) groups is 1. The molecule has 4 rings (SSSR count). The van der Waals surface area contributed by atoms with E-state index < -0.39 is 0 Å². The van der Waals surface area contributed by atoms with Gasteiger partial charge < -0.3 is 19.7 Å². The molecule has 1 aromatic carbocycles. The molecule has 3 aliphatic rings. The highest BCUT2D eigenvalue weighted by Crippen LogP contribution is 2.33. The van der Waals surface area contributed by atoms with Crippen molar-refractivity contribution >= 4 is 5.91 Å². The molecular weight excluding hydrogens is 316 g/mol. The second-order valence-electron chi connectivity index (χ2n) is 7.55. The summed E-state index contributed by atoms with van der Waals surface area (Å²) < 4.78 is 10.7. The van der Waals surface area contributed by atoms with E-state index >= 15 is 0 Å². The van der Waals surface area contributed by atoms with E-state index in [1.165, 1.54) is 51.6 Å². The van der Waals surface area contributed by atoms with Crippen LogP contribution in [-0.2, 0) is 0 Å². The quantitative estimate of drug-likeness (QED) is 0.911. The zero-order valence-electron chi connectivity index (χ0n) is 14.8. The van der Waals surface area contributed by atoms with Crippen molar-refractivity contribution in [1.82, 2.24) is 10.2 Å². The fraction of sp³-hybridized carbons (Fsp3) is 0.650. The van der Waals surface area contributed by atoms with E-state index in [9.17, 15) is 4.79 Å². The van der Waals surface area contributed by atoms with Crippen molar-refractivity contribution in [3.05, 3.63) is 23.8 Å². The zero-order chi connectivity index (χ0) is 17.1. The molecule has 2 aliphatic heterocycles. The summed E-state index contributed by atoms with van der Waals surface area (Å²) in [7, 11) is 0. The van der Waals surface area contributed by atoms with Gasteiger partial charge in [-0.2, -0.15) is 0 Å². The minimum Gasteiger partial charge on any atom is -0.454 e. The van der Waals surface area contributed by atoms with Gasteiger partial charge in [0, 0.05) is 18.2 Å². The third-order valence-electron chi connectivity index (χ3n) is 5.80. The Morgan fingerprint density at radius 3 is 2.72 bits per heavy atom. The lowest BCUT2D eigenvalue weighted by atomic mass is 9.83. The third kappa shape index (κ3) is 3.92. The highest BCUT2D eigenvalue weighted by molar-refractivity contribution is 5.95. The molecule has 1 unspecified atom stereocenters. The summed E-state index contributed by atoms with van der Waals surface area (Å²) in [4.78, 5) is 15.3. The van der Waals surface area contributed by atoms with Gasteiger partial charge in [-0.1, -0.05) is 19.3 Å². The van der Waals surface area contributed by atoms with E-state index in [0.717, 1.165) is 18.7 Å². The molecule has 1 aliphatic carbocycles. The molecular formula is C20H28N2O3. The minimum absolute atomic E-state index is 0.00819. The molecule has 2 heterocycles. The highest BCUT2D eigenvalue weighted by atomic mass is 16.7. The molecule has 1 aromatic rings. The maximum absolute atomic E-state index is 12.7. The van der Waals surface area contributed by atoms with Gasteiger partial charge in [-0.3, -0.25) is 4.79 Å². The molecule has 136 valence electrons. The second kappa shape index (κ2) is 7.65.